The number of carbonyl (C=O) groups excluding carboxylic acids is 4. The number of fused-ring (bicyclic) bond motifs is 2. The van der Waals surface area contributed by atoms with Crippen LogP contribution >= 0.6 is 11.6 Å². The molecule has 4 aliphatic heterocycles. The minimum atomic E-state index is -1.06. The molecule has 5 heterocycles. The first-order chi connectivity index (χ1) is 36.6. The van der Waals surface area contributed by atoms with Crippen LogP contribution in [0, 0.1) is 35.1 Å². The molecule has 76 heavy (non-hydrogen) atoms. The average molecular weight is 1070 g/mol. The highest BCUT2D eigenvalue weighted by Crippen LogP contribution is 2.58. The fraction of sp³-hybridized carbons (Fsp3) is 0.482. The number of carbonyl (C=O) groups is 4. The summed E-state index contributed by atoms with van der Waals surface area (Å²) in [6.07, 6.45) is 6.53. The van der Waals surface area contributed by atoms with E-state index >= 15 is 17.6 Å². The van der Waals surface area contributed by atoms with Gasteiger partial charge in [-0.25, -0.2) is 22.4 Å². The highest BCUT2D eigenvalue weighted by Gasteiger charge is 2.50. The fourth-order valence-electron chi connectivity index (χ4n) is 12.7. The summed E-state index contributed by atoms with van der Waals surface area (Å²) in [5, 5.41) is 19.5. The van der Waals surface area contributed by atoms with Gasteiger partial charge in [0, 0.05) is 92.3 Å². The van der Waals surface area contributed by atoms with Crippen molar-refractivity contribution in [3.05, 3.63) is 105 Å². The van der Waals surface area contributed by atoms with Gasteiger partial charge in [-0.15, -0.1) is 0 Å². The maximum absolute atomic E-state index is 16.5. The molecule has 1 aromatic heterocycles. The van der Waals surface area contributed by atoms with E-state index in [0.29, 0.717) is 63.5 Å². The highest BCUT2D eigenvalue weighted by atomic mass is 35.5. The first-order valence-electron chi connectivity index (χ1n) is 26.4. The summed E-state index contributed by atoms with van der Waals surface area (Å²) < 4.78 is 77.9. The van der Waals surface area contributed by atoms with Gasteiger partial charge in [-0.2, -0.15) is 5.10 Å². The molecule has 10 rings (SSSR count). The van der Waals surface area contributed by atoms with E-state index < -0.39 is 64.3 Å². The lowest BCUT2D eigenvalue weighted by Crippen LogP contribution is -2.49. The Morgan fingerprint density at radius 2 is 1.63 bits per heavy atom. The molecule has 0 bridgehead atoms. The largest absolute Gasteiger partial charge is 0.488 e. The zero-order chi connectivity index (χ0) is 53.6. The number of aromatic nitrogens is 2. The Hall–Kier alpha value is -6.28. The molecule has 1 aliphatic carbocycles. The van der Waals surface area contributed by atoms with Crippen molar-refractivity contribution in [1.82, 2.24) is 30.2 Å². The molecule has 4 fully saturated rings. The van der Waals surface area contributed by atoms with Gasteiger partial charge in [-0.1, -0.05) is 48.9 Å². The lowest BCUT2D eigenvalue weighted by molar-refractivity contribution is -0.138. The van der Waals surface area contributed by atoms with Gasteiger partial charge in [-0.05, 0) is 107 Å². The van der Waals surface area contributed by atoms with Crippen molar-refractivity contribution in [3.8, 4) is 22.6 Å². The minimum Gasteiger partial charge on any atom is -0.488 e. The predicted octanol–water partition coefficient (Wildman–Crippen LogP) is 8.41. The molecular formula is C56H63ClF4N8O7. The number of hydrogen-bond acceptors (Lipinski definition) is 10. The summed E-state index contributed by atoms with van der Waals surface area (Å²) in [7, 11) is 1.56. The van der Waals surface area contributed by atoms with Crippen molar-refractivity contribution >= 4 is 52.1 Å². The van der Waals surface area contributed by atoms with Gasteiger partial charge < -0.3 is 35.4 Å². The van der Waals surface area contributed by atoms with E-state index in [1.54, 1.807) is 7.05 Å². The van der Waals surface area contributed by atoms with Gasteiger partial charge in [0.05, 0.1) is 22.6 Å². The number of primary amides is 1. The molecule has 3 saturated heterocycles. The number of nitrogens with one attached hydrogen (secondary N) is 2. The van der Waals surface area contributed by atoms with Crippen LogP contribution in [-0.2, 0) is 22.2 Å². The minimum absolute atomic E-state index is 0.0426. The number of anilines is 1. The second-order valence-electron chi connectivity index (χ2n) is 21.1. The van der Waals surface area contributed by atoms with Crippen LogP contribution in [0.3, 0.4) is 0 Å². The van der Waals surface area contributed by atoms with Crippen LogP contribution in [-0.4, -0.2) is 114 Å². The summed E-state index contributed by atoms with van der Waals surface area (Å²) in [5.74, 6) is -4.87. The number of likely N-dealkylation sites (tertiary alicyclic amines) is 2. The summed E-state index contributed by atoms with van der Waals surface area (Å²) in [4.78, 5) is 56.6. The number of benzene rings is 4. The number of nitrogens with two attached hydrogens (primary N) is 1. The smallest absolute Gasteiger partial charge is 0.329 e. The molecule has 5 aliphatic rings. The second kappa shape index (κ2) is 22.0. The Morgan fingerprint density at radius 3 is 2.32 bits per heavy atom. The van der Waals surface area contributed by atoms with Crippen LogP contribution in [0.5, 0.6) is 11.5 Å². The van der Waals surface area contributed by atoms with Crippen LogP contribution in [0.2, 0.25) is 5.02 Å². The third-order valence-corrected chi connectivity index (χ3v) is 17.0. The Morgan fingerprint density at radius 1 is 0.908 bits per heavy atom. The van der Waals surface area contributed by atoms with Crippen molar-refractivity contribution in [1.29, 1.82) is 0 Å². The molecule has 0 unspecified atom stereocenters. The van der Waals surface area contributed by atoms with Crippen LogP contribution in [0.15, 0.2) is 54.6 Å². The van der Waals surface area contributed by atoms with E-state index in [1.165, 1.54) is 33.8 Å². The summed E-state index contributed by atoms with van der Waals surface area (Å²) in [6.45, 7) is 5.49. The zero-order valence-corrected chi connectivity index (χ0v) is 43.4. The van der Waals surface area contributed by atoms with E-state index in [0.717, 1.165) is 50.6 Å². The van der Waals surface area contributed by atoms with Crippen molar-refractivity contribution in [2.24, 2.45) is 24.6 Å². The maximum Gasteiger partial charge on any atom is 0.329 e. The fourth-order valence-corrected chi connectivity index (χ4v) is 12.9. The van der Waals surface area contributed by atoms with Gasteiger partial charge in [0.25, 0.3) is 0 Å². The molecule has 404 valence electrons. The molecule has 20 heteroatoms. The number of nitrogens with zero attached hydrogens (tertiary/aromatic N) is 5. The number of imide groups is 1. The number of aryl methyl sites for hydroxylation is 1. The number of halogens is 5. The van der Waals surface area contributed by atoms with Crippen molar-refractivity contribution in [3.63, 3.8) is 0 Å². The quantitative estimate of drug-likeness (QED) is 0.0743. The number of hydrogen-bond donors (Lipinski definition) is 4. The Labute approximate surface area is 443 Å². The number of aliphatic hydroxyl groups is 1. The lowest BCUT2D eigenvalue weighted by Gasteiger charge is -2.39. The first kappa shape index (κ1) is 53.1. The molecular weight excluding hydrogens is 1010 g/mol. The number of amides is 5. The van der Waals surface area contributed by atoms with Gasteiger partial charge in [0.15, 0.2) is 23.2 Å². The average Bonchev–Trinajstić information content (AvgIpc) is 3.93. The zero-order valence-electron chi connectivity index (χ0n) is 42.6. The second-order valence-corrected chi connectivity index (χ2v) is 21.4. The summed E-state index contributed by atoms with van der Waals surface area (Å²) >= 11 is 6.71. The SMILES string of the molecule is C[C@H]1c2c(cc(F)c(Cl)c2-c2c(C(N)=O)ccc(OCCO)c2F)O[C@]1(CCNC1CCC(C(=O)N2CCC(CN3CCC(c4c(F)cc5c(N6CCC(=O)NC6=O)nn(C)c5c4F)CC3)CC2)CC1)c1ccccc1. The Bertz CT molecular complexity index is 3050. The highest BCUT2D eigenvalue weighted by molar-refractivity contribution is 6.34. The van der Waals surface area contributed by atoms with Crippen molar-refractivity contribution in [2.45, 2.75) is 94.6 Å². The topological polar surface area (TPSA) is 185 Å². The van der Waals surface area contributed by atoms with Crippen LogP contribution in [0.25, 0.3) is 22.0 Å². The van der Waals surface area contributed by atoms with Crippen molar-refractivity contribution in [2.75, 3.05) is 63.9 Å². The third-order valence-electron chi connectivity index (χ3n) is 16.7. The molecule has 0 spiro atoms. The lowest BCUT2D eigenvalue weighted by atomic mass is 9.75. The summed E-state index contributed by atoms with van der Waals surface area (Å²) in [5.41, 5.74) is 5.49. The van der Waals surface area contributed by atoms with E-state index in [4.69, 9.17) is 26.8 Å². The standard InChI is InChI=1S/C56H63ClF4N8O7/c1-31-44-42(29-40(59)48(57)47(44)46-37(52(62)72)12-13-41(49(46)60)75-27-26-70)76-56(31,35-6-4-3-5-7-35)19-20-63-36-10-8-34(9-11-36)54(73)68-23-14-32(15-24-68)30-67-21-16-33(17-22-67)45-39(58)28-38-51(50(45)61)66(2)65-53(38)69-25-18-43(71)64-55(69)74/h3-7,12-13,28-29,31-34,36,63,70H,8-11,14-27,30H2,1-2H3,(H2,62,72)(H,64,71,74)/t31-,34?,36?,56-/m0/s1. The Kier molecular flexibility index (Phi) is 15.4. The molecule has 1 saturated carbocycles. The van der Waals surface area contributed by atoms with E-state index in [2.05, 4.69) is 20.6 Å². The Balaban J connectivity index is 0.720. The molecule has 2 atom stereocenters. The van der Waals surface area contributed by atoms with E-state index in [1.807, 2.05) is 42.2 Å². The van der Waals surface area contributed by atoms with Gasteiger partial charge in [0.1, 0.15) is 35.1 Å². The third kappa shape index (κ3) is 9.99. The van der Waals surface area contributed by atoms with Gasteiger partial charge >= 0.3 is 6.03 Å². The molecule has 5 N–H and O–H groups in total. The number of urea groups is 1. The predicted molar refractivity (Wildman–Crippen MR) is 277 cm³/mol. The van der Waals surface area contributed by atoms with Crippen molar-refractivity contribution < 1.29 is 51.3 Å². The molecule has 15 nitrogen and oxygen atoms in total. The van der Waals surface area contributed by atoms with E-state index in [-0.39, 0.29) is 93.8 Å². The van der Waals surface area contributed by atoms with Gasteiger partial charge in [0.2, 0.25) is 17.7 Å². The van der Waals surface area contributed by atoms with Crippen LogP contribution in [0.4, 0.5) is 28.2 Å². The molecule has 5 aromatic rings. The molecule has 4 aromatic carbocycles. The number of aliphatic hydroxyl groups excluding tert-OH is 1. The molecule has 0 radical (unpaired) electrons. The van der Waals surface area contributed by atoms with E-state index in [9.17, 15) is 24.3 Å². The summed E-state index contributed by atoms with van der Waals surface area (Å²) in [6, 6.07) is 14.0. The number of piperidine rings is 2. The maximum atomic E-state index is 16.5. The van der Waals surface area contributed by atoms with Crippen LogP contribution in [0.1, 0.15) is 110 Å². The molecule has 5 amide bonds. The first-order valence-corrected chi connectivity index (χ1v) is 26.8. The number of rotatable bonds is 15. The normalized spacial score (nSPS) is 22.7. The monoisotopic (exact) mass is 1070 g/mol. The number of ether oxygens (including phenoxy) is 2. The van der Waals surface area contributed by atoms with Gasteiger partial charge in [-0.3, -0.25) is 29.3 Å². The van der Waals surface area contributed by atoms with Crippen LogP contribution < -0.4 is 30.7 Å².